The van der Waals surface area contributed by atoms with E-state index >= 15 is 0 Å². The Morgan fingerprint density at radius 3 is 3.07 bits per heavy atom. The van der Waals surface area contributed by atoms with Crippen LogP contribution in [0.15, 0.2) is 17.4 Å². The first-order valence-electron chi connectivity index (χ1n) is 4.84. The van der Waals surface area contributed by atoms with Crippen molar-refractivity contribution in [3.8, 4) is 0 Å². The highest BCUT2D eigenvalue weighted by Gasteiger charge is 2.15. The first-order valence-corrected chi connectivity index (χ1v) is 6.40. The third-order valence-corrected chi connectivity index (χ3v) is 3.05. The molecule has 1 aromatic heterocycles. The first kappa shape index (κ1) is 10.3. The van der Waals surface area contributed by atoms with Crippen LogP contribution in [-0.2, 0) is 10.8 Å². The Morgan fingerprint density at radius 1 is 1.60 bits per heavy atom. The van der Waals surface area contributed by atoms with Crippen LogP contribution < -0.4 is 4.90 Å². The highest BCUT2D eigenvalue weighted by Crippen LogP contribution is 2.22. The van der Waals surface area contributed by atoms with E-state index in [1.54, 1.807) is 12.5 Å². The number of hydrogen-bond acceptors (Lipinski definition) is 4. The lowest BCUT2D eigenvalue weighted by Crippen LogP contribution is -2.27. The van der Waals surface area contributed by atoms with Crippen LogP contribution in [0.25, 0.3) is 6.08 Å². The molecule has 0 saturated carbocycles. The fourth-order valence-electron chi connectivity index (χ4n) is 1.55. The number of aromatic nitrogens is 2. The largest absolute Gasteiger partial charge is 0.353 e. The Hall–Kier alpha value is -1.23. The molecular formula is C10H13N3OS. The van der Waals surface area contributed by atoms with Gasteiger partial charge in [-0.2, -0.15) is 0 Å². The van der Waals surface area contributed by atoms with Crippen LogP contribution in [0.3, 0.4) is 0 Å². The van der Waals surface area contributed by atoms with E-state index in [4.69, 9.17) is 0 Å². The summed E-state index contributed by atoms with van der Waals surface area (Å²) in [6, 6.07) is 0. The van der Waals surface area contributed by atoms with E-state index in [0.717, 1.165) is 24.5 Å². The van der Waals surface area contributed by atoms with Crippen molar-refractivity contribution in [2.24, 2.45) is 0 Å². The summed E-state index contributed by atoms with van der Waals surface area (Å²) >= 11 is 0. The van der Waals surface area contributed by atoms with Crippen molar-refractivity contribution < 1.29 is 4.21 Å². The molecule has 1 aliphatic heterocycles. The molecule has 1 aliphatic rings. The lowest BCUT2D eigenvalue weighted by Gasteiger charge is -2.25. The molecule has 80 valence electrons. The molecule has 0 aliphatic carbocycles. The Labute approximate surface area is 91.5 Å². The maximum atomic E-state index is 11.3. The molecule has 1 unspecified atom stereocenters. The number of likely N-dealkylation sites (N-methyl/N-ethyl adjacent to an activating group) is 1. The Kier molecular flexibility index (Phi) is 2.81. The molecule has 0 aromatic carbocycles. The molecule has 0 amide bonds. The van der Waals surface area contributed by atoms with Crippen molar-refractivity contribution in [2.75, 3.05) is 24.2 Å². The second-order valence-corrected chi connectivity index (χ2v) is 4.60. The zero-order valence-electron chi connectivity index (χ0n) is 8.80. The van der Waals surface area contributed by atoms with E-state index in [1.807, 2.05) is 6.08 Å². The summed E-state index contributed by atoms with van der Waals surface area (Å²) in [6.07, 6.45) is 7.41. The van der Waals surface area contributed by atoms with E-state index in [-0.39, 0.29) is 0 Å². The summed E-state index contributed by atoms with van der Waals surface area (Å²) in [5, 5.41) is 0.405. The average molecular weight is 223 g/mol. The molecule has 0 radical (unpaired) electrons. The lowest BCUT2D eigenvalue weighted by molar-refractivity contribution is 0.678. The molecule has 0 bridgehead atoms. The second kappa shape index (κ2) is 4.10. The highest BCUT2D eigenvalue weighted by atomic mass is 32.2. The van der Waals surface area contributed by atoms with Gasteiger partial charge in [0.1, 0.15) is 5.82 Å². The number of fused-ring (bicyclic) bond motifs is 1. The molecule has 4 nitrogen and oxygen atoms in total. The molecule has 2 heterocycles. The van der Waals surface area contributed by atoms with Crippen LogP contribution in [0, 0.1) is 0 Å². The SMILES string of the molecule is CCN1CC=Cc2cnc(S(C)=O)nc21. The molecule has 1 aromatic rings. The third kappa shape index (κ3) is 1.92. The molecular weight excluding hydrogens is 210 g/mol. The van der Waals surface area contributed by atoms with Gasteiger partial charge in [0, 0.05) is 31.1 Å². The van der Waals surface area contributed by atoms with Gasteiger partial charge in [-0.1, -0.05) is 12.2 Å². The van der Waals surface area contributed by atoms with Crippen LogP contribution in [0.1, 0.15) is 12.5 Å². The maximum Gasteiger partial charge on any atom is 0.220 e. The first-order chi connectivity index (χ1) is 7.22. The molecule has 0 N–H and O–H groups in total. The van der Waals surface area contributed by atoms with Gasteiger partial charge in [-0.05, 0) is 6.92 Å². The highest BCUT2D eigenvalue weighted by molar-refractivity contribution is 7.84. The van der Waals surface area contributed by atoms with Crippen molar-refractivity contribution >= 4 is 22.7 Å². The molecule has 0 spiro atoms. The van der Waals surface area contributed by atoms with Gasteiger partial charge in [0.25, 0.3) is 0 Å². The van der Waals surface area contributed by atoms with Crippen LogP contribution >= 0.6 is 0 Å². The van der Waals surface area contributed by atoms with Crippen molar-refractivity contribution in [1.29, 1.82) is 0 Å². The Bertz CT molecular complexity index is 431. The molecule has 5 heteroatoms. The van der Waals surface area contributed by atoms with Crippen molar-refractivity contribution in [2.45, 2.75) is 12.1 Å². The van der Waals surface area contributed by atoms with Gasteiger partial charge < -0.3 is 4.90 Å². The topological polar surface area (TPSA) is 46.1 Å². The molecule has 1 atom stereocenters. The number of rotatable bonds is 2. The van der Waals surface area contributed by atoms with Gasteiger partial charge in [0.2, 0.25) is 5.16 Å². The summed E-state index contributed by atoms with van der Waals surface area (Å²) in [5.41, 5.74) is 0.998. The predicted octanol–water partition coefficient (Wildman–Crippen LogP) is 1.07. The maximum absolute atomic E-state index is 11.3. The molecule has 0 fully saturated rings. The van der Waals surface area contributed by atoms with E-state index in [2.05, 4.69) is 27.9 Å². The third-order valence-electron chi connectivity index (χ3n) is 2.34. The summed E-state index contributed by atoms with van der Waals surface area (Å²) in [4.78, 5) is 10.5. The van der Waals surface area contributed by atoms with Crippen molar-refractivity contribution in [3.05, 3.63) is 17.8 Å². The van der Waals surface area contributed by atoms with E-state index in [1.165, 1.54) is 0 Å². The van der Waals surface area contributed by atoms with Gasteiger partial charge in [0.05, 0.1) is 10.8 Å². The second-order valence-electron chi connectivity index (χ2n) is 3.33. The van der Waals surface area contributed by atoms with Gasteiger partial charge in [-0.3, -0.25) is 4.21 Å². The van der Waals surface area contributed by atoms with Crippen LogP contribution in [0.4, 0.5) is 5.82 Å². The molecule has 0 saturated heterocycles. The van der Waals surface area contributed by atoms with Crippen LogP contribution in [0.5, 0.6) is 0 Å². The van der Waals surface area contributed by atoms with Gasteiger partial charge >= 0.3 is 0 Å². The van der Waals surface area contributed by atoms with Gasteiger partial charge in [0.15, 0.2) is 0 Å². The average Bonchev–Trinajstić information content (AvgIpc) is 2.27. The smallest absolute Gasteiger partial charge is 0.220 e. The lowest BCUT2D eigenvalue weighted by atomic mass is 10.2. The van der Waals surface area contributed by atoms with E-state index in [9.17, 15) is 4.21 Å². The zero-order valence-corrected chi connectivity index (χ0v) is 9.62. The minimum Gasteiger partial charge on any atom is -0.353 e. The van der Waals surface area contributed by atoms with E-state index in [0.29, 0.717) is 5.16 Å². The quantitative estimate of drug-likeness (QED) is 0.703. The standard InChI is InChI=1S/C10H13N3OS/c1-3-13-6-4-5-8-7-11-10(15(2)14)12-9(8)13/h4-5,7H,3,6H2,1-2H3. The normalized spacial score (nSPS) is 16.3. The minimum absolute atomic E-state index is 0.405. The van der Waals surface area contributed by atoms with E-state index < -0.39 is 10.8 Å². The molecule has 2 rings (SSSR count). The van der Waals surface area contributed by atoms with Gasteiger partial charge in [-0.25, -0.2) is 9.97 Å². The zero-order chi connectivity index (χ0) is 10.8. The summed E-state index contributed by atoms with van der Waals surface area (Å²) in [5.74, 6) is 0.889. The van der Waals surface area contributed by atoms with Crippen molar-refractivity contribution in [3.63, 3.8) is 0 Å². The number of hydrogen-bond donors (Lipinski definition) is 0. The predicted molar refractivity (Wildman–Crippen MR) is 61.3 cm³/mol. The fraction of sp³-hybridized carbons (Fsp3) is 0.400. The van der Waals surface area contributed by atoms with Crippen LogP contribution in [-0.4, -0.2) is 33.5 Å². The fourth-order valence-corrected chi connectivity index (χ4v) is 1.96. The number of nitrogens with zero attached hydrogens (tertiary/aromatic N) is 3. The van der Waals surface area contributed by atoms with Crippen LogP contribution in [0.2, 0.25) is 0 Å². The van der Waals surface area contributed by atoms with Gasteiger partial charge in [-0.15, -0.1) is 0 Å². The Morgan fingerprint density at radius 2 is 2.40 bits per heavy atom. The van der Waals surface area contributed by atoms with Crippen molar-refractivity contribution in [1.82, 2.24) is 9.97 Å². The Balaban J connectivity index is 2.48. The molecule has 15 heavy (non-hydrogen) atoms. The summed E-state index contributed by atoms with van der Waals surface area (Å²) in [7, 11) is -1.12. The minimum atomic E-state index is -1.12. The summed E-state index contributed by atoms with van der Waals surface area (Å²) in [6.45, 7) is 3.83. The summed E-state index contributed by atoms with van der Waals surface area (Å²) < 4.78 is 11.3. The number of anilines is 1. The monoisotopic (exact) mass is 223 g/mol.